The van der Waals surface area contributed by atoms with E-state index in [0.29, 0.717) is 23.8 Å². The summed E-state index contributed by atoms with van der Waals surface area (Å²) in [5.41, 5.74) is 0. The summed E-state index contributed by atoms with van der Waals surface area (Å²) in [6.45, 7) is 6.06. The van der Waals surface area contributed by atoms with Crippen LogP contribution < -0.4 is 5.32 Å². The van der Waals surface area contributed by atoms with Gasteiger partial charge in [0.2, 0.25) is 5.91 Å². The van der Waals surface area contributed by atoms with Gasteiger partial charge in [-0.15, -0.1) is 0 Å². The van der Waals surface area contributed by atoms with Gasteiger partial charge in [-0.05, 0) is 38.0 Å². The van der Waals surface area contributed by atoms with Crippen LogP contribution in [0.1, 0.15) is 58.8 Å². The minimum absolute atomic E-state index is 0.0398. The molecule has 2 heterocycles. The van der Waals surface area contributed by atoms with Crippen LogP contribution in [0.4, 0.5) is 0 Å². The number of nitrogens with one attached hydrogen (secondary N) is 1. The highest BCUT2D eigenvalue weighted by molar-refractivity contribution is 5.84. The highest BCUT2D eigenvalue weighted by Crippen LogP contribution is 2.34. The lowest BCUT2D eigenvalue weighted by molar-refractivity contribution is -0.131. The van der Waals surface area contributed by atoms with Crippen LogP contribution in [-0.4, -0.2) is 42.3 Å². The highest BCUT2D eigenvalue weighted by Gasteiger charge is 2.44. The van der Waals surface area contributed by atoms with Gasteiger partial charge in [0.15, 0.2) is 0 Å². The van der Waals surface area contributed by atoms with Crippen LogP contribution in [0.5, 0.6) is 0 Å². The predicted molar refractivity (Wildman–Crippen MR) is 82.8 cm³/mol. The summed E-state index contributed by atoms with van der Waals surface area (Å²) < 4.78 is 5.82. The maximum absolute atomic E-state index is 12.7. The maximum Gasteiger partial charge on any atom is 0.241 e. The van der Waals surface area contributed by atoms with E-state index < -0.39 is 0 Å². The number of carbonyl (C=O) groups excluding carboxylic acids is 1. The van der Waals surface area contributed by atoms with Crippen LogP contribution >= 0.6 is 0 Å². The predicted octanol–water partition coefficient (Wildman–Crippen LogP) is 2.53. The summed E-state index contributed by atoms with van der Waals surface area (Å²) in [4.78, 5) is 14.9. The second-order valence-corrected chi connectivity index (χ2v) is 6.97. The van der Waals surface area contributed by atoms with E-state index >= 15 is 0 Å². The second kappa shape index (κ2) is 6.66. The Morgan fingerprint density at radius 2 is 1.95 bits per heavy atom. The number of amides is 1. The molecule has 1 aliphatic carbocycles. The Morgan fingerprint density at radius 1 is 1.19 bits per heavy atom. The molecule has 21 heavy (non-hydrogen) atoms. The molecule has 2 saturated heterocycles. The zero-order valence-corrected chi connectivity index (χ0v) is 13.5. The van der Waals surface area contributed by atoms with Crippen molar-refractivity contribution < 1.29 is 9.53 Å². The van der Waals surface area contributed by atoms with E-state index in [0.717, 1.165) is 32.4 Å². The molecule has 2 aliphatic heterocycles. The van der Waals surface area contributed by atoms with Crippen molar-refractivity contribution in [1.82, 2.24) is 10.2 Å². The summed E-state index contributed by atoms with van der Waals surface area (Å²) in [5, 5.41) is 3.62. The third-order valence-corrected chi connectivity index (χ3v) is 5.72. The summed E-state index contributed by atoms with van der Waals surface area (Å²) >= 11 is 0. The van der Waals surface area contributed by atoms with Crippen molar-refractivity contribution in [2.75, 3.05) is 13.2 Å². The van der Waals surface area contributed by atoms with Crippen molar-refractivity contribution >= 4 is 5.91 Å². The lowest BCUT2D eigenvalue weighted by atomic mass is 9.97. The van der Waals surface area contributed by atoms with Crippen molar-refractivity contribution in [3.05, 3.63) is 0 Å². The minimum Gasteiger partial charge on any atom is -0.378 e. The fraction of sp³-hybridized carbons (Fsp3) is 0.941. The molecule has 3 aliphatic rings. The molecule has 120 valence electrons. The molecule has 0 bridgehead atoms. The Kier molecular flexibility index (Phi) is 4.85. The van der Waals surface area contributed by atoms with Crippen LogP contribution in [0.3, 0.4) is 0 Å². The lowest BCUT2D eigenvalue weighted by Gasteiger charge is -2.32. The number of ether oxygens (including phenoxy) is 1. The normalized spacial score (nSPS) is 37.8. The van der Waals surface area contributed by atoms with Gasteiger partial charge in [0, 0.05) is 19.1 Å². The Labute approximate surface area is 128 Å². The number of hydrogen-bond donors (Lipinski definition) is 1. The van der Waals surface area contributed by atoms with Crippen molar-refractivity contribution in [2.45, 2.75) is 77.1 Å². The SMILES string of the molecule is CCC1NC(C2CCCC2)N(CC2CCOC2CC)C1=O. The van der Waals surface area contributed by atoms with Gasteiger partial charge in [0.25, 0.3) is 0 Å². The van der Waals surface area contributed by atoms with Crippen molar-refractivity contribution in [2.24, 2.45) is 11.8 Å². The van der Waals surface area contributed by atoms with E-state index in [1.807, 2.05) is 0 Å². The zero-order valence-electron chi connectivity index (χ0n) is 13.5. The maximum atomic E-state index is 12.7. The first-order valence-corrected chi connectivity index (χ1v) is 8.92. The Hall–Kier alpha value is -0.610. The average molecular weight is 294 g/mol. The molecule has 4 atom stereocenters. The average Bonchev–Trinajstić information content (AvgIpc) is 3.21. The quantitative estimate of drug-likeness (QED) is 0.847. The molecule has 1 N–H and O–H groups in total. The number of rotatable bonds is 5. The lowest BCUT2D eigenvalue weighted by Crippen LogP contribution is -2.45. The van der Waals surface area contributed by atoms with Gasteiger partial charge in [0.1, 0.15) is 0 Å². The van der Waals surface area contributed by atoms with E-state index in [2.05, 4.69) is 24.1 Å². The van der Waals surface area contributed by atoms with E-state index in [1.165, 1.54) is 25.7 Å². The molecular formula is C17H30N2O2. The van der Waals surface area contributed by atoms with Gasteiger partial charge in [-0.3, -0.25) is 10.1 Å². The van der Waals surface area contributed by atoms with Gasteiger partial charge < -0.3 is 9.64 Å². The van der Waals surface area contributed by atoms with Crippen LogP contribution in [0.2, 0.25) is 0 Å². The van der Waals surface area contributed by atoms with Gasteiger partial charge in [0.05, 0.1) is 18.3 Å². The van der Waals surface area contributed by atoms with Crippen molar-refractivity contribution in [1.29, 1.82) is 0 Å². The van der Waals surface area contributed by atoms with Crippen LogP contribution in [-0.2, 0) is 9.53 Å². The summed E-state index contributed by atoms with van der Waals surface area (Å²) in [6, 6.07) is 0.0398. The Bertz CT molecular complexity index is 368. The first-order valence-electron chi connectivity index (χ1n) is 8.92. The van der Waals surface area contributed by atoms with E-state index in [9.17, 15) is 4.79 Å². The highest BCUT2D eigenvalue weighted by atomic mass is 16.5. The van der Waals surface area contributed by atoms with Gasteiger partial charge >= 0.3 is 0 Å². The molecule has 0 aromatic heterocycles. The van der Waals surface area contributed by atoms with Crippen LogP contribution in [0, 0.1) is 11.8 Å². The number of nitrogens with zero attached hydrogens (tertiary/aromatic N) is 1. The fourth-order valence-corrected chi connectivity index (χ4v) is 4.47. The van der Waals surface area contributed by atoms with E-state index in [4.69, 9.17) is 4.74 Å². The molecule has 0 radical (unpaired) electrons. The van der Waals surface area contributed by atoms with Crippen LogP contribution in [0.15, 0.2) is 0 Å². The van der Waals surface area contributed by atoms with Gasteiger partial charge in [-0.25, -0.2) is 0 Å². The third-order valence-electron chi connectivity index (χ3n) is 5.72. The van der Waals surface area contributed by atoms with Crippen molar-refractivity contribution in [3.63, 3.8) is 0 Å². The first kappa shape index (κ1) is 15.3. The number of hydrogen-bond acceptors (Lipinski definition) is 3. The summed E-state index contributed by atoms with van der Waals surface area (Å²) in [5.74, 6) is 1.52. The summed E-state index contributed by atoms with van der Waals surface area (Å²) in [6.07, 6.45) is 8.90. The number of carbonyl (C=O) groups is 1. The molecule has 0 aromatic carbocycles. The molecule has 3 rings (SSSR count). The summed E-state index contributed by atoms with van der Waals surface area (Å²) in [7, 11) is 0. The standard InChI is InChI=1S/C17H30N2O2/c1-3-14-17(20)19(11-13-9-10-21-15(13)4-2)16(18-14)12-7-5-6-8-12/h12-16,18H,3-11H2,1-2H3. The Balaban J connectivity index is 1.70. The van der Waals surface area contributed by atoms with Crippen LogP contribution in [0.25, 0.3) is 0 Å². The third kappa shape index (κ3) is 2.98. The molecule has 3 fully saturated rings. The van der Waals surface area contributed by atoms with E-state index in [1.54, 1.807) is 0 Å². The minimum atomic E-state index is 0.0398. The molecule has 4 heteroatoms. The first-order chi connectivity index (χ1) is 10.2. The molecule has 4 unspecified atom stereocenters. The molecule has 1 amide bonds. The monoisotopic (exact) mass is 294 g/mol. The molecule has 0 aromatic rings. The van der Waals surface area contributed by atoms with Crippen molar-refractivity contribution in [3.8, 4) is 0 Å². The van der Waals surface area contributed by atoms with Gasteiger partial charge in [-0.2, -0.15) is 0 Å². The molecule has 1 saturated carbocycles. The van der Waals surface area contributed by atoms with Gasteiger partial charge in [-0.1, -0.05) is 26.7 Å². The molecule has 4 nitrogen and oxygen atoms in total. The van der Waals surface area contributed by atoms with E-state index in [-0.39, 0.29) is 12.2 Å². The molecule has 0 spiro atoms. The topological polar surface area (TPSA) is 41.6 Å². The largest absolute Gasteiger partial charge is 0.378 e. The molecular weight excluding hydrogens is 264 g/mol. The fourth-order valence-electron chi connectivity index (χ4n) is 4.47. The zero-order chi connectivity index (χ0) is 14.8. The Morgan fingerprint density at radius 3 is 2.62 bits per heavy atom. The second-order valence-electron chi connectivity index (χ2n) is 6.97. The smallest absolute Gasteiger partial charge is 0.241 e.